The molecule has 2 aromatic carbocycles. The first-order chi connectivity index (χ1) is 15.0. The Morgan fingerprint density at radius 1 is 1.06 bits per heavy atom. The van der Waals surface area contributed by atoms with Gasteiger partial charge in [-0.15, -0.1) is 0 Å². The quantitative estimate of drug-likeness (QED) is 0.384. The zero-order valence-corrected chi connectivity index (χ0v) is 17.1. The first kappa shape index (κ1) is 20.3. The smallest absolute Gasteiger partial charge is 0.295 e. The average molecular weight is 417 g/mol. The molecule has 2 amide bonds. The lowest BCUT2D eigenvalue weighted by Crippen LogP contribution is -2.56. The van der Waals surface area contributed by atoms with E-state index < -0.39 is 11.7 Å². The van der Waals surface area contributed by atoms with Gasteiger partial charge in [0.25, 0.3) is 17.6 Å². The van der Waals surface area contributed by atoms with Crippen LogP contribution in [0.5, 0.6) is 0 Å². The number of hydrogen-bond donors (Lipinski definition) is 2. The van der Waals surface area contributed by atoms with Crippen molar-refractivity contribution >= 4 is 23.3 Å². The van der Waals surface area contributed by atoms with Gasteiger partial charge in [0.15, 0.2) is 0 Å². The molecule has 0 aliphatic carbocycles. The Hall–Kier alpha value is -3.94. The molecule has 8 heteroatoms. The van der Waals surface area contributed by atoms with Gasteiger partial charge < -0.3 is 15.5 Å². The minimum absolute atomic E-state index is 0.0792. The first-order valence-corrected chi connectivity index (χ1v) is 10.0. The summed E-state index contributed by atoms with van der Waals surface area (Å²) >= 11 is 0. The van der Waals surface area contributed by atoms with Crippen LogP contribution in [0.3, 0.4) is 0 Å². The summed E-state index contributed by atoms with van der Waals surface area (Å²) < 4.78 is 0. The highest BCUT2D eigenvalue weighted by Gasteiger charge is 2.34. The maximum Gasteiger partial charge on any atom is 0.295 e. The molecule has 0 saturated carbocycles. The lowest BCUT2D eigenvalue weighted by Gasteiger charge is -2.39. The van der Waals surface area contributed by atoms with Crippen molar-refractivity contribution in [3.8, 4) is 11.3 Å². The van der Waals surface area contributed by atoms with Gasteiger partial charge in [-0.25, -0.2) is 0 Å². The van der Waals surface area contributed by atoms with Crippen LogP contribution in [0, 0.1) is 0 Å². The number of anilines is 1. The van der Waals surface area contributed by atoms with E-state index in [1.54, 1.807) is 47.5 Å². The molecule has 8 nitrogen and oxygen atoms in total. The molecule has 0 spiro atoms. The molecule has 1 saturated heterocycles. The Morgan fingerprint density at radius 2 is 1.84 bits per heavy atom. The summed E-state index contributed by atoms with van der Waals surface area (Å²) in [5.74, 6) is -1.34. The van der Waals surface area contributed by atoms with Crippen molar-refractivity contribution in [2.24, 2.45) is 0 Å². The molecule has 158 valence electrons. The molecule has 31 heavy (non-hydrogen) atoms. The van der Waals surface area contributed by atoms with Crippen LogP contribution in [0.2, 0.25) is 0 Å². The Balaban J connectivity index is 1.45. The topological polar surface area (TPSA) is 112 Å². The van der Waals surface area contributed by atoms with Crippen LogP contribution in [-0.4, -0.2) is 63.3 Å². The van der Waals surface area contributed by atoms with Gasteiger partial charge in [-0.2, -0.15) is 5.10 Å². The highest BCUT2D eigenvalue weighted by atomic mass is 16.2. The number of aromatic nitrogens is 2. The van der Waals surface area contributed by atoms with Crippen LogP contribution >= 0.6 is 0 Å². The standard InChI is InChI=1S/C23H23N5O3/c1-15-14-27(22(30)16-5-3-2-4-6-16)11-12-28(15)23(31)21(29)18-8-7-17(13-19(18)24)20-9-10-25-26-20/h2-10,13,15H,11-12,14,24H2,1H3,(H,25,26)/t15-/m1/s1. The number of hydrogen-bond acceptors (Lipinski definition) is 5. The van der Waals surface area contributed by atoms with Gasteiger partial charge in [-0.3, -0.25) is 19.5 Å². The largest absolute Gasteiger partial charge is 0.398 e. The third kappa shape index (κ3) is 4.05. The molecule has 3 N–H and O–H groups in total. The number of carbonyl (C=O) groups is 3. The molecule has 2 heterocycles. The molecule has 0 radical (unpaired) electrons. The van der Waals surface area contributed by atoms with Gasteiger partial charge in [0, 0.05) is 48.7 Å². The number of rotatable bonds is 4. The number of benzene rings is 2. The monoisotopic (exact) mass is 417 g/mol. The second kappa shape index (κ2) is 8.43. The molecule has 1 aromatic heterocycles. The predicted octanol–water partition coefficient (Wildman–Crippen LogP) is 2.21. The molecule has 3 aromatic rings. The van der Waals surface area contributed by atoms with Gasteiger partial charge in [0.2, 0.25) is 0 Å². The third-order valence-corrected chi connectivity index (χ3v) is 5.50. The Labute approximate surface area is 179 Å². The average Bonchev–Trinajstić information content (AvgIpc) is 3.33. The number of nitrogens with one attached hydrogen (secondary N) is 1. The van der Waals surface area contributed by atoms with Crippen molar-refractivity contribution in [3.63, 3.8) is 0 Å². The van der Waals surface area contributed by atoms with E-state index in [0.717, 1.165) is 11.3 Å². The molecule has 0 bridgehead atoms. The van der Waals surface area contributed by atoms with E-state index in [4.69, 9.17) is 5.73 Å². The molecule has 1 fully saturated rings. The fourth-order valence-corrected chi connectivity index (χ4v) is 3.81. The van der Waals surface area contributed by atoms with E-state index in [9.17, 15) is 14.4 Å². The number of carbonyl (C=O) groups excluding carboxylic acids is 3. The van der Waals surface area contributed by atoms with Crippen LogP contribution < -0.4 is 5.73 Å². The Kier molecular flexibility index (Phi) is 5.53. The lowest BCUT2D eigenvalue weighted by atomic mass is 10.0. The van der Waals surface area contributed by atoms with Crippen LogP contribution in [0.25, 0.3) is 11.3 Å². The van der Waals surface area contributed by atoms with Crippen LogP contribution in [-0.2, 0) is 4.79 Å². The summed E-state index contributed by atoms with van der Waals surface area (Å²) in [6.45, 7) is 2.85. The predicted molar refractivity (Wildman–Crippen MR) is 116 cm³/mol. The normalized spacial score (nSPS) is 16.2. The zero-order valence-electron chi connectivity index (χ0n) is 17.1. The fraction of sp³-hybridized carbons (Fsp3) is 0.217. The van der Waals surface area contributed by atoms with Crippen LogP contribution in [0.1, 0.15) is 27.6 Å². The second-order valence-corrected chi connectivity index (χ2v) is 7.57. The fourth-order valence-electron chi connectivity index (χ4n) is 3.81. The number of nitrogen functional groups attached to an aromatic ring is 1. The van der Waals surface area contributed by atoms with Gasteiger partial charge in [-0.05, 0) is 37.3 Å². The van der Waals surface area contributed by atoms with Gasteiger partial charge in [-0.1, -0.05) is 24.3 Å². The van der Waals surface area contributed by atoms with Crippen molar-refractivity contribution in [1.82, 2.24) is 20.0 Å². The number of Topliss-reactive ketones (excluding diaryl/α,β-unsaturated/α-hetero) is 1. The third-order valence-electron chi connectivity index (χ3n) is 5.50. The Bertz CT molecular complexity index is 1110. The van der Waals surface area contributed by atoms with Gasteiger partial charge in [0.1, 0.15) is 0 Å². The number of amides is 2. The molecule has 0 unspecified atom stereocenters. The van der Waals surface area contributed by atoms with E-state index in [2.05, 4.69) is 10.2 Å². The highest BCUT2D eigenvalue weighted by molar-refractivity contribution is 6.43. The number of H-pyrrole nitrogens is 1. The van der Waals surface area contributed by atoms with Crippen molar-refractivity contribution in [3.05, 3.63) is 71.9 Å². The number of aromatic amines is 1. The van der Waals surface area contributed by atoms with E-state index in [1.807, 2.05) is 25.1 Å². The minimum atomic E-state index is -0.650. The number of nitrogens with two attached hydrogens (primary N) is 1. The Morgan fingerprint density at radius 3 is 2.48 bits per heavy atom. The van der Waals surface area contributed by atoms with Crippen LogP contribution in [0.4, 0.5) is 5.69 Å². The maximum absolute atomic E-state index is 12.9. The molecule has 1 aliphatic rings. The van der Waals surface area contributed by atoms with Crippen molar-refractivity contribution < 1.29 is 14.4 Å². The molecule has 1 aliphatic heterocycles. The van der Waals surface area contributed by atoms with Crippen molar-refractivity contribution in [2.75, 3.05) is 25.4 Å². The highest BCUT2D eigenvalue weighted by Crippen LogP contribution is 2.24. The van der Waals surface area contributed by atoms with Gasteiger partial charge >= 0.3 is 0 Å². The van der Waals surface area contributed by atoms with Crippen LogP contribution in [0.15, 0.2) is 60.8 Å². The molecule has 4 rings (SSSR count). The maximum atomic E-state index is 12.9. The molecular weight excluding hydrogens is 394 g/mol. The number of piperazine rings is 1. The second-order valence-electron chi connectivity index (χ2n) is 7.57. The zero-order chi connectivity index (χ0) is 22.0. The summed E-state index contributed by atoms with van der Waals surface area (Å²) in [5.41, 5.74) is 8.63. The molecular formula is C23H23N5O3. The van der Waals surface area contributed by atoms with E-state index in [1.165, 1.54) is 4.90 Å². The summed E-state index contributed by atoms with van der Waals surface area (Å²) in [6.07, 6.45) is 1.62. The van der Waals surface area contributed by atoms with E-state index in [0.29, 0.717) is 18.7 Å². The van der Waals surface area contributed by atoms with Crippen molar-refractivity contribution in [2.45, 2.75) is 13.0 Å². The summed E-state index contributed by atoms with van der Waals surface area (Å²) in [4.78, 5) is 41.7. The SMILES string of the molecule is C[C@@H]1CN(C(=O)c2ccccc2)CCN1C(=O)C(=O)c1ccc(-c2ccn[nH]2)cc1N. The summed E-state index contributed by atoms with van der Waals surface area (Å²) in [7, 11) is 0. The first-order valence-electron chi connectivity index (χ1n) is 10.0. The van der Waals surface area contributed by atoms with Gasteiger partial charge in [0.05, 0.1) is 11.3 Å². The van der Waals surface area contributed by atoms with E-state index in [-0.39, 0.29) is 29.7 Å². The summed E-state index contributed by atoms with van der Waals surface area (Å²) in [5, 5.41) is 6.74. The number of ketones is 1. The molecule has 1 atom stereocenters. The number of nitrogens with zero attached hydrogens (tertiary/aromatic N) is 3. The summed E-state index contributed by atoms with van der Waals surface area (Å²) in [6, 6.07) is 15.5. The minimum Gasteiger partial charge on any atom is -0.398 e. The van der Waals surface area contributed by atoms with E-state index >= 15 is 0 Å². The lowest BCUT2D eigenvalue weighted by molar-refractivity contribution is -0.130. The van der Waals surface area contributed by atoms with Crippen molar-refractivity contribution in [1.29, 1.82) is 0 Å².